The molecule has 0 aliphatic carbocycles. The van der Waals surface area contributed by atoms with Gasteiger partial charge in [-0.15, -0.1) is 11.3 Å². The van der Waals surface area contributed by atoms with Crippen LogP contribution in [0, 0.1) is 0 Å². The molecule has 1 fully saturated rings. The highest BCUT2D eigenvalue weighted by molar-refractivity contribution is 7.17. The molecule has 0 aromatic carbocycles. The Bertz CT molecular complexity index is 431. The van der Waals surface area contributed by atoms with Gasteiger partial charge in [0.1, 0.15) is 5.82 Å². The summed E-state index contributed by atoms with van der Waals surface area (Å²) in [5.41, 5.74) is 0. The van der Waals surface area contributed by atoms with Gasteiger partial charge in [0.2, 0.25) is 0 Å². The van der Waals surface area contributed by atoms with Crippen molar-refractivity contribution in [3.05, 3.63) is 23.7 Å². The smallest absolute Gasteiger partial charge is 0.137 e. The summed E-state index contributed by atoms with van der Waals surface area (Å²) in [5, 5.41) is 3.45. The monoisotopic (exact) mass is 190 g/mol. The van der Waals surface area contributed by atoms with Crippen LogP contribution in [-0.4, -0.2) is 18.1 Å². The van der Waals surface area contributed by atoms with Gasteiger partial charge in [-0.1, -0.05) is 0 Å². The van der Waals surface area contributed by atoms with Gasteiger partial charge in [-0.3, -0.25) is 0 Å². The average molecular weight is 190 g/mol. The molecule has 3 rings (SSSR count). The van der Waals surface area contributed by atoms with E-state index in [-0.39, 0.29) is 0 Å². The van der Waals surface area contributed by atoms with E-state index in [9.17, 15) is 0 Å². The molecular formula is C10H10N2S. The summed E-state index contributed by atoms with van der Waals surface area (Å²) in [5.74, 6) is 1.17. The number of hydrogen-bond donors (Lipinski definition) is 0. The lowest BCUT2D eigenvalue weighted by molar-refractivity contribution is 0.612. The minimum absolute atomic E-state index is 1.17. The third-order valence-electron chi connectivity index (χ3n) is 2.51. The predicted octanol–water partition coefficient (Wildman–Crippen LogP) is 2.51. The number of rotatable bonds is 1. The van der Waals surface area contributed by atoms with Gasteiger partial charge in [-0.05, 0) is 23.9 Å². The summed E-state index contributed by atoms with van der Waals surface area (Å²) in [4.78, 5) is 6.78. The van der Waals surface area contributed by atoms with Crippen molar-refractivity contribution in [3.8, 4) is 0 Å². The first-order valence-electron chi connectivity index (χ1n) is 4.52. The third kappa shape index (κ3) is 1.04. The van der Waals surface area contributed by atoms with Crippen LogP contribution in [0.15, 0.2) is 23.7 Å². The number of anilines is 1. The minimum Gasteiger partial charge on any atom is -0.356 e. The number of pyridine rings is 1. The van der Waals surface area contributed by atoms with E-state index in [1.165, 1.54) is 35.4 Å². The highest BCUT2D eigenvalue weighted by Crippen LogP contribution is 2.30. The first kappa shape index (κ1) is 7.33. The first-order chi connectivity index (χ1) is 6.45. The summed E-state index contributed by atoms with van der Waals surface area (Å²) in [6.07, 6.45) is 3.22. The molecule has 0 bridgehead atoms. The molecule has 3 heteroatoms. The normalized spacial score (nSPS) is 16.2. The van der Waals surface area contributed by atoms with E-state index in [1.54, 1.807) is 11.3 Å². The number of hydrogen-bond acceptors (Lipinski definition) is 3. The number of fused-ring (bicyclic) bond motifs is 1. The maximum Gasteiger partial charge on any atom is 0.137 e. The molecule has 2 aromatic rings. The molecule has 0 radical (unpaired) electrons. The Morgan fingerprint density at radius 3 is 3.00 bits per heavy atom. The molecule has 1 aliphatic rings. The van der Waals surface area contributed by atoms with E-state index in [4.69, 9.17) is 0 Å². The lowest BCUT2D eigenvalue weighted by Gasteiger charge is -2.32. The van der Waals surface area contributed by atoms with Crippen molar-refractivity contribution in [1.82, 2.24) is 4.98 Å². The van der Waals surface area contributed by atoms with Gasteiger partial charge in [0.25, 0.3) is 0 Å². The topological polar surface area (TPSA) is 16.1 Å². The summed E-state index contributed by atoms with van der Waals surface area (Å²) < 4.78 is 1.34. The van der Waals surface area contributed by atoms with Crippen LogP contribution in [0.4, 0.5) is 5.82 Å². The van der Waals surface area contributed by atoms with Gasteiger partial charge in [0, 0.05) is 29.4 Å². The van der Waals surface area contributed by atoms with Crippen LogP contribution in [-0.2, 0) is 0 Å². The van der Waals surface area contributed by atoms with E-state index in [0.29, 0.717) is 0 Å². The fraction of sp³-hybridized carbons (Fsp3) is 0.300. The summed E-state index contributed by atoms with van der Waals surface area (Å²) in [6.45, 7) is 2.34. The third-order valence-corrected chi connectivity index (χ3v) is 3.40. The molecule has 2 aromatic heterocycles. The van der Waals surface area contributed by atoms with Crippen LogP contribution >= 0.6 is 11.3 Å². The van der Waals surface area contributed by atoms with E-state index in [2.05, 4.69) is 27.4 Å². The Morgan fingerprint density at radius 2 is 2.23 bits per heavy atom. The molecule has 0 N–H and O–H groups in total. The molecule has 0 spiro atoms. The Hall–Kier alpha value is -1.09. The molecule has 0 atom stereocenters. The number of nitrogens with zero attached hydrogens (tertiary/aromatic N) is 2. The zero-order valence-corrected chi connectivity index (χ0v) is 8.05. The molecule has 3 heterocycles. The standard InChI is InChI=1S/C10H10N2S/c1-5-12(6-1)10-8-3-7-13-9(8)2-4-11-10/h2-4,7H,1,5-6H2. The molecule has 0 unspecified atom stereocenters. The van der Waals surface area contributed by atoms with Crippen LogP contribution in [0.2, 0.25) is 0 Å². The van der Waals surface area contributed by atoms with Crippen LogP contribution in [0.1, 0.15) is 6.42 Å². The van der Waals surface area contributed by atoms with Crippen molar-refractivity contribution in [3.63, 3.8) is 0 Å². The zero-order valence-electron chi connectivity index (χ0n) is 7.23. The molecular weight excluding hydrogens is 180 g/mol. The van der Waals surface area contributed by atoms with Crippen molar-refractivity contribution in [2.75, 3.05) is 18.0 Å². The van der Waals surface area contributed by atoms with E-state index in [1.807, 2.05) is 6.20 Å². The van der Waals surface area contributed by atoms with Crippen LogP contribution in [0.5, 0.6) is 0 Å². The Morgan fingerprint density at radius 1 is 1.31 bits per heavy atom. The van der Waals surface area contributed by atoms with Crippen molar-refractivity contribution in [2.24, 2.45) is 0 Å². The average Bonchev–Trinajstić information content (AvgIpc) is 2.49. The highest BCUT2D eigenvalue weighted by atomic mass is 32.1. The molecule has 13 heavy (non-hydrogen) atoms. The van der Waals surface area contributed by atoms with E-state index in [0.717, 1.165) is 0 Å². The van der Waals surface area contributed by atoms with Crippen LogP contribution < -0.4 is 4.90 Å². The maximum atomic E-state index is 4.43. The second-order valence-corrected chi connectivity index (χ2v) is 4.26. The molecule has 0 saturated carbocycles. The van der Waals surface area contributed by atoms with Crippen LogP contribution in [0.3, 0.4) is 0 Å². The Labute approximate surface area is 80.8 Å². The fourth-order valence-corrected chi connectivity index (χ4v) is 2.44. The van der Waals surface area contributed by atoms with Crippen LogP contribution in [0.25, 0.3) is 10.1 Å². The quantitative estimate of drug-likeness (QED) is 0.687. The van der Waals surface area contributed by atoms with Gasteiger partial charge in [0.05, 0.1) is 0 Å². The van der Waals surface area contributed by atoms with E-state index >= 15 is 0 Å². The molecule has 1 aliphatic heterocycles. The largest absolute Gasteiger partial charge is 0.356 e. The molecule has 0 amide bonds. The SMILES string of the molecule is c1cc2sccc2c(N2CCC2)n1. The summed E-state index contributed by atoms with van der Waals surface area (Å²) >= 11 is 1.79. The number of thiophene rings is 1. The fourth-order valence-electron chi connectivity index (χ4n) is 1.66. The molecule has 1 saturated heterocycles. The van der Waals surface area contributed by atoms with Crippen molar-refractivity contribution in [2.45, 2.75) is 6.42 Å². The van der Waals surface area contributed by atoms with Gasteiger partial charge < -0.3 is 4.90 Å². The van der Waals surface area contributed by atoms with Crippen molar-refractivity contribution in [1.29, 1.82) is 0 Å². The van der Waals surface area contributed by atoms with Gasteiger partial charge >= 0.3 is 0 Å². The Kier molecular flexibility index (Phi) is 1.52. The van der Waals surface area contributed by atoms with Gasteiger partial charge in [-0.25, -0.2) is 4.98 Å². The lowest BCUT2D eigenvalue weighted by atomic mass is 10.2. The Balaban J connectivity index is 2.20. The van der Waals surface area contributed by atoms with Crippen molar-refractivity contribution < 1.29 is 0 Å². The second kappa shape index (κ2) is 2.70. The van der Waals surface area contributed by atoms with Gasteiger partial charge in [-0.2, -0.15) is 0 Å². The lowest BCUT2D eigenvalue weighted by Crippen LogP contribution is -2.37. The zero-order chi connectivity index (χ0) is 8.67. The minimum atomic E-state index is 1.17. The highest BCUT2D eigenvalue weighted by Gasteiger charge is 2.17. The first-order valence-corrected chi connectivity index (χ1v) is 5.40. The summed E-state index contributed by atoms with van der Waals surface area (Å²) in [7, 11) is 0. The number of aromatic nitrogens is 1. The predicted molar refractivity (Wildman–Crippen MR) is 56.5 cm³/mol. The molecule has 66 valence electrons. The molecule has 2 nitrogen and oxygen atoms in total. The van der Waals surface area contributed by atoms with Crippen molar-refractivity contribution >= 4 is 27.2 Å². The maximum absolute atomic E-state index is 4.43. The van der Waals surface area contributed by atoms with E-state index < -0.39 is 0 Å². The summed E-state index contributed by atoms with van der Waals surface area (Å²) in [6, 6.07) is 4.25. The van der Waals surface area contributed by atoms with Gasteiger partial charge in [0.15, 0.2) is 0 Å². The second-order valence-electron chi connectivity index (χ2n) is 3.31.